The Hall–Kier alpha value is -2.77. The van der Waals surface area contributed by atoms with E-state index >= 15 is 0 Å². The van der Waals surface area contributed by atoms with Crippen molar-refractivity contribution in [1.82, 2.24) is 9.97 Å². The van der Waals surface area contributed by atoms with Crippen molar-refractivity contribution in [1.29, 1.82) is 0 Å². The summed E-state index contributed by atoms with van der Waals surface area (Å²) in [6.45, 7) is 1.96. The molecular weight excluding hydrogens is 386 g/mol. The van der Waals surface area contributed by atoms with Crippen LogP contribution in [0.1, 0.15) is 36.9 Å². The van der Waals surface area contributed by atoms with Gasteiger partial charge < -0.3 is 4.74 Å². The van der Waals surface area contributed by atoms with E-state index in [1.165, 1.54) is 36.8 Å². The van der Waals surface area contributed by atoms with Gasteiger partial charge in [0.25, 0.3) is 5.91 Å². The molecule has 0 saturated heterocycles. The number of rotatable bonds is 5. The molecule has 27 heavy (non-hydrogen) atoms. The van der Waals surface area contributed by atoms with Gasteiger partial charge in [-0.15, -0.1) is 11.3 Å². The summed E-state index contributed by atoms with van der Waals surface area (Å²) in [5.74, 6) is -0.908. The van der Waals surface area contributed by atoms with Gasteiger partial charge in [-0.2, -0.15) is 0 Å². The first kappa shape index (κ1) is 19.0. The maximum absolute atomic E-state index is 12.3. The number of anilines is 1. The van der Waals surface area contributed by atoms with Crippen LogP contribution in [-0.2, 0) is 11.2 Å². The predicted molar refractivity (Wildman–Crippen MR) is 105 cm³/mol. The first-order chi connectivity index (χ1) is 13.0. The van der Waals surface area contributed by atoms with Gasteiger partial charge in [0.15, 0.2) is 5.13 Å². The number of nitrogens with one attached hydrogen (secondary N) is 1. The molecule has 0 aliphatic carbocycles. The van der Waals surface area contributed by atoms with Crippen LogP contribution in [0.3, 0.4) is 0 Å². The van der Waals surface area contributed by atoms with E-state index < -0.39 is 11.9 Å². The number of aryl methyl sites for hydroxylation is 1. The minimum atomic E-state index is -0.506. The lowest BCUT2D eigenvalue weighted by atomic mass is 10.1. The number of hydrogen-bond donors (Lipinski definition) is 1. The molecule has 3 aromatic rings. The molecule has 1 amide bonds. The normalized spacial score (nSPS) is 10.5. The number of amides is 1. The number of benzene rings is 1. The van der Waals surface area contributed by atoms with Crippen molar-refractivity contribution in [2.24, 2.45) is 0 Å². The fourth-order valence-corrected chi connectivity index (χ4v) is 3.43. The van der Waals surface area contributed by atoms with E-state index in [1.807, 2.05) is 25.1 Å². The number of pyridine rings is 1. The first-order valence-electron chi connectivity index (χ1n) is 8.02. The largest absolute Gasteiger partial charge is 0.465 e. The van der Waals surface area contributed by atoms with E-state index in [1.54, 1.807) is 6.20 Å². The molecule has 3 rings (SSSR count). The quantitative estimate of drug-likeness (QED) is 0.650. The number of nitrogens with zero attached hydrogens (tertiary/aromatic N) is 2. The van der Waals surface area contributed by atoms with Crippen LogP contribution >= 0.6 is 22.9 Å². The van der Waals surface area contributed by atoms with Crippen LogP contribution in [0.2, 0.25) is 5.02 Å². The van der Waals surface area contributed by atoms with E-state index in [9.17, 15) is 9.59 Å². The second-order valence-corrected chi connectivity index (χ2v) is 7.23. The summed E-state index contributed by atoms with van der Waals surface area (Å²) in [5.41, 5.74) is 2.49. The third-order valence-electron chi connectivity index (χ3n) is 3.83. The summed E-state index contributed by atoms with van der Waals surface area (Å²) in [4.78, 5) is 32.9. The zero-order valence-corrected chi connectivity index (χ0v) is 16.2. The molecule has 0 unspecified atom stereocenters. The Morgan fingerprint density at radius 1 is 1.19 bits per heavy atom. The molecule has 0 aliphatic rings. The van der Waals surface area contributed by atoms with E-state index in [0.29, 0.717) is 11.6 Å². The van der Waals surface area contributed by atoms with E-state index in [-0.39, 0.29) is 11.3 Å². The smallest absolute Gasteiger partial charge is 0.339 e. The zero-order valence-electron chi connectivity index (χ0n) is 14.7. The Balaban J connectivity index is 1.67. The highest BCUT2D eigenvalue weighted by Gasteiger charge is 2.13. The maximum Gasteiger partial charge on any atom is 0.339 e. The molecular formula is C19H16ClN3O3S. The Labute approximate surface area is 165 Å². The number of hydrogen-bond acceptors (Lipinski definition) is 6. The lowest BCUT2D eigenvalue weighted by Gasteiger charge is -2.04. The maximum atomic E-state index is 12.3. The second-order valence-electron chi connectivity index (χ2n) is 5.73. The van der Waals surface area contributed by atoms with Crippen molar-refractivity contribution < 1.29 is 14.3 Å². The summed E-state index contributed by atoms with van der Waals surface area (Å²) < 4.78 is 4.60. The average Bonchev–Trinajstić information content (AvgIpc) is 3.11. The van der Waals surface area contributed by atoms with Gasteiger partial charge in [-0.3, -0.25) is 15.1 Å². The van der Waals surface area contributed by atoms with Crippen LogP contribution in [-0.4, -0.2) is 29.0 Å². The Bertz CT molecular complexity index is 986. The zero-order chi connectivity index (χ0) is 19.4. The Morgan fingerprint density at radius 2 is 2.00 bits per heavy atom. The van der Waals surface area contributed by atoms with Gasteiger partial charge >= 0.3 is 5.97 Å². The number of thiazole rings is 1. The highest BCUT2D eigenvalue weighted by atomic mass is 35.5. The third-order valence-corrected chi connectivity index (χ3v) is 5.28. The number of aromatic nitrogens is 2. The fourth-order valence-electron chi connectivity index (χ4n) is 2.41. The lowest BCUT2D eigenvalue weighted by molar-refractivity contribution is 0.0600. The summed E-state index contributed by atoms with van der Waals surface area (Å²) in [6, 6.07) is 8.84. The number of esters is 1. The molecule has 0 fully saturated rings. The lowest BCUT2D eigenvalue weighted by Crippen LogP contribution is -2.14. The highest BCUT2D eigenvalue weighted by molar-refractivity contribution is 7.15. The standard InChI is InChI=1S/C19H16ClN3O3S/c1-11-4-3-5-12(16(11)20)8-14-10-22-19(27-14)23-17(24)15-7-6-13(9-21-15)18(25)26-2/h3-7,9-10H,8H2,1-2H3,(H,22,23,24). The van der Waals surface area contributed by atoms with Gasteiger partial charge in [0, 0.05) is 28.7 Å². The average molecular weight is 402 g/mol. The summed E-state index contributed by atoms with van der Waals surface area (Å²) >= 11 is 7.71. The molecule has 1 N–H and O–H groups in total. The number of ether oxygens (including phenoxy) is 1. The van der Waals surface area contributed by atoms with Crippen molar-refractivity contribution in [3.63, 3.8) is 0 Å². The van der Waals surface area contributed by atoms with Crippen LogP contribution in [0.4, 0.5) is 5.13 Å². The monoisotopic (exact) mass is 401 g/mol. The van der Waals surface area contributed by atoms with Crippen molar-refractivity contribution in [2.45, 2.75) is 13.3 Å². The molecule has 2 aromatic heterocycles. The van der Waals surface area contributed by atoms with Crippen LogP contribution in [0, 0.1) is 6.92 Å². The van der Waals surface area contributed by atoms with Crippen molar-refractivity contribution in [3.8, 4) is 0 Å². The molecule has 8 heteroatoms. The summed E-state index contributed by atoms with van der Waals surface area (Å²) in [5, 5.41) is 3.92. The van der Waals surface area contributed by atoms with Crippen molar-refractivity contribution >= 4 is 39.9 Å². The summed E-state index contributed by atoms with van der Waals surface area (Å²) in [6.07, 6.45) is 3.65. The van der Waals surface area contributed by atoms with Gasteiger partial charge in [-0.1, -0.05) is 29.8 Å². The number of carbonyl (C=O) groups excluding carboxylic acids is 2. The van der Waals surface area contributed by atoms with Crippen LogP contribution in [0.25, 0.3) is 0 Å². The van der Waals surface area contributed by atoms with E-state index in [2.05, 4.69) is 20.0 Å². The molecule has 0 saturated carbocycles. The van der Waals surface area contributed by atoms with E-state index in [0.717, 1.165) is 21.0 Å². The van der Waals surface area contributed by atoms with Gasteiger partial charge in [-0.05, 0) is 30.2 Å². The van der Waals surface area contributed by atoms with Crippen molar-refractivity contribution in [3.05, 3.63) is 75.0 Å². The van der Waals surface area contributed by atoms with Crippen molar-refractivity contribution in [2.75, 3.05) is 12.4 Å². The number of methoxy groups -OCH3 is 1. The summed E-state index contributed by atoms with van der Waals surface area (Å²) in [7, 11) is 1.28. The molecule has 2 heterocycles. The number of halogens is 1. The van der Waals surface area contributed by atoms with Gasteiger partial charge in [-0.25, -0.2) is 9.78 Å². The predicted octanol–water partition coefficient (Wildman–Crippen LogP) is 4.13. The molecule has 0 radical (unpaired) electrons. The van der Waals surface area contributed by atoms with Gasteiger partial charge in [0.2, 0.25) is 0 Å². The topological polar surface area (TPSA) is 81.2 Å². The Kier molecular flexibility index (Phi) is 5.83. The SMILES string of the molecule is COC(=O)c1ccc(C(=O)Nc2ncc(Cc3cccc(C)c3Cl)s2)nc1. The van der Waals surface area contributed by atoms with Crippen LogP contribution in [0.5, 0.6) is 0 Å². The molecule has 0 atom stereocenters. The van der Waals surface area contributed by atoms with Gasteiger partial charge in [0.1, 0.15) is 5.69 Å². The molecule has 0 spiro atoms. The molecule has 0 bridgehead atoms. The molecule has 138 valence electrons. The van der Waals surface area contributed by atoms with Gasteiger partial charge in [0.05, 0.1) is 12.7 Å². The Morgan fingerprint density at radius 3 is 2.70 bits per heavy atom. The van der Waals surface area contributed by atoms with Crippen LogP contribution in [0.15, 0.2) is 42.7 Å². The third kappa shape index (κ3) is 4.50. The molecule has 0 aliphatic heterocycles. The molecule has 6 nitrogen and oxygen atoms in total. The van der Waals surface area contributed by atoms with Crippen LogP contribution < -0.4 is 5.32 Å². The number of carbonyl (C=O) groups is 2. The minimum Gasteiger partial charge on any atom is -0.465 e. The van der Waals surface area contributed by atoms with E-state index in [4.69, 9.17) is 11.6 Å². The second kappa shape index (κ2) is 8.28. The first-order valence-corrected chi connectivity index (χ1v) is 9.22. The molecule has 1 aromatic carbocycles. The highest BCUT2D eigenvalue weighted by Crippen LogP contribution is 2.26. The minimum absolute atomic E-state index is 0.182. The fraction of sp³-hybridized carbons (Fsp3) is 0.158.